The number of nitrogens with two attached hydrogens (primary N) is 1. The molecule has 16 heavy (non-hydrogen) atoms. The SMILES string of the molecule is CC(C)(C)[C@H](N)c1cc(F)cc(F)c1F.Cl. The van der Waals surface area contributed by atoms with E-state index in [1.165, 1.54) is 0 Å². The fourth-order valence-electron chi connectivity index (χ4n) is 1.27. The van der Waals surface area contributed by atoms with Crippen LogP contribution in [0.5, 0.6) is 0 Å². The minimum absolute atomic E-state index is 0. The maximum atomic E-state index is 13.3. The Bertz CT molecular complexity index is 374. The fourth-order valence-corrected chi connectivity index (χ4v) is 1.27. The third-order valence-electron chi connectivity index (χ3n) is 2.29. The smallest absolute Gasteiger partial charge is 0.163 e. The molecule has 0 unspecified atom stereocenters. The van der Waals surface area contributed by atoms with Crippen molar-refractivity contribution in [2.75, 3.05) is 0 Å². The van der Waals surface area contributed by atoms with Crippen molar-refractivity contribution < 1.29 is 13.2 Å². The first-order chi connectivity index (χ1) is 6.73. The Morgan fingerprint density at radius 3 is 2.06 bits per heavy atom. The predicted molar refractivity (Wildman–Crippen MR) is 59.9 cm³/mol. The highest BCUT2D eigenvalue weighted by molar-refractivity contribution is 5.85. The second kappa shape index (κ2) is 5.06. The molecule has 0 heterocycles. The molecule has 0 fully saturated rings. The molecule has 0 amide bonds. The van der Waals surface area contributed by atoms with E-state index in [1.54, 1.807) is 20.8 Å². The summed E-state index contributed by atoms with van der Waals surface area (Å²) in [5.41, 5.74) is 5.16. The lowest BCUT2D eigenvalue weighted by molar-refractivity contribution is 0.314. The van der Waals surface area contributed by atoms with Crippen molar-refractivity contribution in [1.29, 1.82) is 0 Å². The van der Waals surface area contributed by atoms with Crippen LogP contribution < -0.4 is 5.73 Å². The summed E-state index contributed by atoms with van der Waals surface area (Å²) in [6.45, 7) is 5.33. The Labute approximate surface area is 99.2 Å². The van der Waals surface area contributed by atoms with Gasteiger partial charge in [0.1, 0.15) is 5.82 Å². The van der Waals surface area contributed by atoms with Gasteiger partial charge in [-0.15, -0.1) is 12.4 Å². The van der Waals surface area contributed by atoms with Crippen molar-refractivity contribution in [2.45, 2.75) is 26.8 Å². The van der Waals surface area contributed by atoms with Crippen molar-refractivity contribution in [1.82, 2.24) is 0 Å². The fraction of sp³-hybridized carbons (Fsp3) is 0.455. The van der Waals surface area contributed by atoms with Gasteiger partial charge in [0.15, 0.2) is 11.6 Å². The van der Waals surface area contributed by atoms with E-state index in [4.69, 9.17) is 5.73 Å². The Balaban J connectivity index is 0.00000225. The molecule has 2 N–H and O–H groups in total. The summed E-state index contributed by atoms with van der Waals surface area (Å²) in [5, 5.41) is 0. The minimum Gasteiger partial charge on any atom is -0.323 e. The van der Waals surface area contributed by atoms with Gasteiger partial charge in [-0.2, -0.15) is 0 Å². The van der Waals surface area contributed by atoms with Crippen LogP contribution in [-0.4, -0.2) is 0 Å². The van der Waals surface area contributed by atoms with Crippen LogP contribution in [0.4, 0.5) is 13.2 Å². The molecule has 0 spiro atoms. The molecule has 0 saturated heterocycles. The molecule has 92 valence electrons. The van der Waals surface area contributed by atoms with Crippen LogP contribution in [0.25, 0.3) is 0 Å². The van der Waals surface area contributed by atoms with Crippen LogP contribution in [0.3, 0.4) is 0 Å². The zero-order chi connectivity index (χ0) is 11.8. The van der Waals surface area contributed by atoms with Crippen LogP contribution in [0.2, 0.25) is 0 Å². The summed E-state index contributed by atoms with van der Waals surface area (Å²) >= 11 is 0. The first-order valence-electron chi connectivity index (χ1n) is 4.63. The quantitative estimate of drug-likeness (QED) is 0.761. The minimum atomic E-state index is -1.20. The largest absolute Gasteiger partial charge is 0.323 e. The standard InChI is InChI=1S/C11H14F3N.ClH/c1-11(2,3)10(15)7-4-6(12)5-8(13)9(7)14;/h4-5,10H,15H2,1-3H3;1H/t10-;/m1./s1. The summed E-state index contributed by atoms with van der Waals surface area (Å²) in [6.07, 6.45) is 0. The first-order valence-corrected chi connectivity index (χ1v) is 4.63. The molecule has 0 aromatic heterocycles. The van der Waals surface area contributed by atoms with Crippen molar-refractivity contribution >= 4 is 12.4 Å². The number of hydrogen-bond donors (Lipinski definition) is 1. The van der Waals surface area contributed by atoms with Crippen molar-refractivity contribution in [3.05, 3.63) is 35.1 Å². The molecule has 1 atom stereocenters. The average Bonchev–Trinajstić information content (AvgIpc) is 2.08. The van der Waals surface area contributed by atoms with E-state index in [2.05, 4.69) is 0 Å². The van der Waals surface area contributed by atoms with E-state index in [1.807, 2.05) is 0 Å². The van der Waals surface area contributed by atoms with E-state index in [0.717, 1.165) is 6.07 Å². The number of hydrogen-bond acceptors (Lipinski definition) is 1. The van der Waals surface area contributed by atoms with Crippen molar-refractivity contribution in [3.8, 4) is 0 Å². The van der Waals surface area contributed by atoms with E-state index in [9.17, 15) is 13.2 Å². The van der Waals surface area contributed by atoms with E-state index in [0.29, 0.717) is 6.07 Å². The van der Waals surface area contributed by atoms with Crippen LogP contribution in [0.1, 0.15) is 32.4 Å². The average molecular weight is 254 g/mol. The monoisotopic (exact) mass is 253 g/mol. The normalized spacial score (nSPS) is 13.2. The van der Waals surface area contributed by atoms with Gasteiger partial charge in [-0.1, -0.05) is 20.8 Å². The zero-order valence-electron chi connectivity index (χ0n) is 9.35. The lowest BCUT2D eigenvalue weighted by Gasteiger charge is -2.27. The van der Waals surface area contributed by atoms with Gasteiger partial charge < -0.3 is 5.73 Å². The van der Waals surface area contributed by atoms with Gasteiger partial charge in [0.25, 0.3) is 0 Å². The summed E-state index contributed by atoms with van der Waals surface area (Å²) in [7, 11) is 0. The molecule has 5 heteroatoms. The van der Waals surface area contributed by atoms with Gasteiger partial charge >= 0.3 is 0 Å². The molecule has 0 radical (unpaired) electrons. The van der Waals surface area contributed by atoms with Crippen molar-refractivity contribution in [3.63, 3.8) is 0 Å². The van der Waals surface area contributed by atoms with Gasteiger partial charge in [-0.3, -0.25) is 0 Å². The van der Waals surface area contributed by atoms with Gasteiger partial charge in [0.2, 0.25) is 0 Å². The Morgan fingerprint density at radius 2 is 1.62 bits per heavy atom. The topological polar surface area (TPSA) is 26.0 Å². The highest BCUT2D eigenvalue weighted by Crippen LogP contribution is 2.32. The van der Waals surface area contributed by atoms with E-state index < -0.39 is 28.9 Å². The predicted octanol–water partition coefficient (Wildman–Crippen LogP) is 3.57. The molecular weight excluding hydrogens is 239 g/mol. The first kappa shape index (κ1) is 15.3. The van der Waals surface area contributed by atoms with Crippen molar-refractivity contribution in [2.24, 2.45) is 11.1 Å². The Kier molecular flexibility index (Phi) is 4.83. The third-order valence-corrected chi connectivity index (χ3v) is 2.29. The molecular formula is C11H15ClF3N. The van der Waals surface area contributed by atoms with Gasteiger partial charge in [-0.25, -0.2) is 13.2 Å². The summed E-state index contributed by atoms with van der Waals surface area (Å²) in [5.74, 6) is -3.09. The number of rotatable bonds is 1. The molecule has 1 nitrogen and oxygen atoms in total. The number of benzene rings is 1. The molecule has 0 aliphatic rings. The van der Waals surface area contributed by atoms with E-state index >= 15 is 0 Å². The molecule has 1 aromatic carbocycles. The molecule has 0 saturated carbocycles. The molecule has 0 bridgehead atoms. The molecule has 1 aromatic rings. The number of halogens is 4. The molecule has 1 rings (SSSR count). The Hall–Kier alpha value is -0.740. The summed E-state index contributed by atoms with van der Waals surface area (Å²) in [4.78, 5) is 0. The Morgan fingerprint density at radius 1 is 1.12 bits per heavy atom. The van der Waals surface area contributed by atoms with Gasteiger partial charge in [-0.05, 0) is 11.5 Å². The zero-order valence-corrected chi connectivity index (χ0v) is 10.2. The maximum Gasteiger partial charge on any atom is 0.163 e. The van der Waals surface area contributed by atoms with Crippen LogP contribution in [-0.2, 0) is 0 Å². The molecule has 0 aliphatic carbocycles. The lowest BCUT2D eigenvalue weighted by Crippen LogP contribution is -2.27. The maximum absolute atomic E-state index is 13.3. The van der Waals surface area contributed by atoms with Crippen LogP contribution >= 0.6 is 12.4 Å². The lowest BCUT2D eigenvalue weighted by atomic mass is 9.83. The van der Waals surface area contributed by atoms with Crippen LogP contribution in [0.15, 0.2) is 12.1 Å². The van der Waals surface area contributed by atoms with Gasteiger partial charge in [0, 0.05) is 17.7 Å². The third kappa shape index (κ3) is 3.12. The van der Waals surface area contributed by atoms with Crippen LogP contribution in [0, 0.1) is 22.9 Å². The van der Waals surface area contributed by atoms with Gasteiger partial charge in [0.05, 0.1) is 0 Å². The highest BCUT2D eigenvalue weighted by atomic mass is 35.5. The van der Waals surface area contributed by atoms with E-state index in [-0.39, 0.29) is 18.0 Å². The highest BCUT2D eigenvalue weighted by Gasteiger charge is 2.26. The summed E-state index contributed by atoms with van der Waals surface area (Å²) < 4.78 is 39.2. The molecule has 0 aliphatic heterocycles. The second-order valence-electron chi connectivity index (χ2n) is 4.63. The second-order valence-corrected chi connectivity index (χ2v) is 4.63. The summed E-state index contributed by atoms with van der Waals surface area (Å²) in [6, 6.07) is 0.699.